The number of carboxylic acids is 1. The van der Waals surface area contributed by atoms with E-state index in [2.05, 4.69) is 69.3 Å². The van der Waals surface area contributed by atoms with Crippen molar-refractivity contribution in [1.29, 1.82) is 0 Å². The van der Waals surface area contributed by atoms with E-state index in [9.17, 15) is 9.90 Å². The summed E-state index contributed by atoms with van der Waals surface area (Å²) >= 11 is 0. The summed E-state index contributed by atoms with van der Waals surface area (Å²) < 4.78 is 1.92. The summed E-state index contributed by atoms with van der Waals surface area (Å²) in [5.74, 6) is -0.803. The quantitative estimate of drug-likeness (QED) is 0.292. The van der Waals surface area contributed by atoms with E-state index in [4.69, 9.17) is 0 Å². The Hall–Kier alpha value is -3.07. The molecule has 0 spiro atoms. The van der Waals surface area contributed by atoms with Crippen LogP contribution in [0.4, 0.5) is 0 Å². The van der Waals surface area contributed by atoms with Gasteiger partial charge < -0.3 is 9.67 Å². The van der Waals surface area contributed by atoms with Crippen molar-refractivity contribution in [1.82, 2.24) is 4.57 Å². The predicted molar refractivity (Wildman–Crippen MR) is 135 cm³/mol. The highest BCUT2D eigenvalue weighted by molar-refractivity contribution is 6.08. The number of carbonyl (C=O) groups is 1. The molecule has 0 aliphatic carbocycles. The first-order chi connectivity index (χ1) is 15.5. The standard InChI is InChI=1S/C21H25NO2.C8H10/c1-2-3-4-5-6-9-16-12-13-18-17-10-7-8-11-19(17)22(15-21(23)24)20(18)14-16;1-7-5-3-4-6-8(7)2/h7-8,10-14H,2-6,9,15H2,1H3,(H,23,24);3-6H,1-2H3. The summed E-state index contributed by atoms with van der Waals surface area (Å²) in [6.07, 6.45) is 7.41. The Morgan fingerprint density at radius 3 is 2.06 bits per heavy atom. The fourth-order valence-corrected chi connectivity index (χ4v) is 4.15. The Bertz CT molecular complexity index is 1150. The summed E-state index contributed by atoms with van der Waals surface area (Å²) in [6, 6.07) is 22.9. The van der Waals surface area contributed by atoms with Gasteiger partial charge in [0.25, 0.3) is 0 Å². The van der Waals surface area contributed by atoms with Crippen LogP contribution in [0, 0.1) is 13.8 Å². The molecule has 3 nitrogen and oxygen atoms in total. The summed E-state index contributed by atoms with van der Waals surface area (Å²) in [5, 5.41) is 11.5. The number of carboxylic acid groups (broad SMARTS) is 1. The van der Waals surface area contributed by atoms with Crippen LogP contribution in [0.3, 0.4) is 0 Å². The highest BCUT2D eigenvalue weighted by Crippen LogP contribution is 2.30. The van der Waals surface area contributed by atoms with Crippen molar-refractivity contribution < 1.29 is 9.90 Å². The number of para-hydroxylation sites is 1. The van der Waals surface area contributed by atoms with Crippen LogP contribution in [-0.4, -0.2) is 15.6 Å². The maximum absolute atomic E-state index is 11.3. The van der Waals surface area contributed by atoms with Gasteiger partial charge in [0.1, 0.15) is 6.54 Å². The lowest BCUT2D eigenvalue weighted by molar-refractivity contribution is -0.137. The summed E-state index contributed by atoms with van der Waals surface area (Å²) in [7, 11) is 0. The van der Waals surface area contributed by atoms with E-state index in [0.717, 1.165) is 28.2 Å². The van der Waals surface area contributed by atoms with Crippen molar-refractivity contribution in [2.75, 3.05) is 0 Å². The summed E-state index contributed by atoms with van der Waals surface area (Å²) in [5.41, 5.74) is 6.06. The van der Waals surface area contributed by atoms with E-state index < -0.39 is 5.97 Å². The average molecular weight is 430 g/mol. The van der Waals surface area contributed by atoms with Gasteiger partial charge in [0, 0.05) is 21.8 Å². The predicted octanol–water partition coefficient (Wildman–Crippen LogP) is 7.70. The van der Waals surface area contributed by atoms with Crippen molar-refractivity contribution in [3.8, 4) is 0 Å². The molecule has 0 amide bonds. The number of aromatic nitrogens is 1. The Morgan fingerprint density at radius 1 is 0.781 bits per heavy atom. The minimum absolute atomic E-state index is 0.00394. The molecule has 4 aromatic rings. The topological polar surface area (TPSA) is 42.2 Å². The van der Waals surface area contributed by atoms with E-state index >= 15 is 0 Å². The molecule has 32 heavy (non-hydrogen) atoms. The molecule has 1 N–H and O–H groups in total. The van der Waals surface area contributed by atoms with Gasteiger partial charge in [-0.25, -0.2) is 0 Å². The number of fused-ring (bicyclic) bond motifs is 3. The molecule has 1 aromatic heterocycles. The van der Waals surface area contributed by atoms with Gasteiger partial charge in [-0.05, 0) is 55.5 Å². The van der Waals surface area contributed by atoms with Gasteiger partial charge in [-0.2, -0.15) is 0 Å². The second kappa shape index (κ2) is 11.5. The molecule has 0 aliphatic heterocycles. The van der Waals surface area contributed by atoms with E-state index in [-0.39, 0.29) is 6.54 Å². The lowest BCUT2D eigenvalue weighted by Gasteiger charge is -2.06. The first-order valence-electron chi connectivity index (χ1n) is 11.7. The maximum Gasteiger partial charge on any atom is 0.323 e. The monoisotopic (exact) mass is 429 g/mol. The Kier molecular flexibility index (Phi) is 8.49. The van der Waals surface area contributed by atoms with Crippen LogP contribution in [0.1, 0.15) is 55.7 Å². The second-order valence-electron chi connectivity index (χ2n) is 8.60. The molecular formula is C29H35NO2. The van der Waals surface area contributed by atoms with E-state index in [1.54, 1.807) is 0 Å². The van der Waals surface area contributed by atoms with Gasteiger partial charge in [-0.3, -0.25) is 4.79 Å². The second-order valence-corrected chi connectivity index (χ2v) is 8.60. The van der Waals surface area contributed by atoms with E-state index in [1.165, 1.54) is 48.8 Å². The fourth-order valence-electron chi connectivity index (χ4n) is 4.15. The molecule has 0 saturated carbocycles. The van der Waals surface area contributed by atoms with Gasteiger partial charge in [0.05, 0.1) is 0 Å². The van der Waals surface area contributed by atoms with Crippen molar-refractivity contribution in [2.45, 2.75) is 65.8 Å². The van der Waals surface area contributed by atoms with E-state index in [1.807, 2.05) is 22.8 Å². The van der Waals surface area contributed by atoms with Gasteiger partial charge in [-0.15, -0.1) is 0 Å². The van der Waals surface area contributed by atoms with Gasteiger partial charge >= 0.3 is 5.97 Å². The lowest BCUT2D eigenvalue weighted by atomic mass is 10.0. The lowest BCUT2D eigenvalue weighted by Crippen LogP contribution is -2.08. The summed E-state index contributed by atoms with van der Waals surface area (Å²) in [6.45, 7) is 6.48. The Labute approximate surface area is 191 Å². The molecule has 0 aliphatic rings. The Balaban J connectivity index is 0.000000305. The molecule has 3 aromatic carbocycles. The first kappa shape index (κ1) is 23.6. The number of hydrogen-bond acceptors (Lipinski definition) is 1. The third kappa shape index (κ3) is 6.00. The van der Waals surface area contributed by atoms with Crippen molar-refractivity contribution in [2.24, 2.45) is 0 Å². The van der Waals surface area contributed by atoms with Crippen molar-refractivity contribution in [3.05, 3.63) is 83.4 Å². The molecule has 4 rings (SSSR count). The molecular weight excluding hydrogens is 394 g/mol. The number of aryl methyl sites for hydroxylation is 3. The fraction of sp³-hybridized carbons (Fsp3) is 0.345. The molecule has 0 bridgehead atoms. The number of benzene rings is 3. The molecule has 1 heterocycles. The van der Waals surface area contributed by atoms with Gasteiger partial charge in [-0.1, -0.05) is 87.2 Å². The number of unbranched alkanes of at least 4 members (excludes halogenated alkanes) is 4. The number of aliphatic carboxylic acids is 1. The number of nitrogens with zero attached hydrogens (tertiary/aromatic N) is 1. The van der Waals surface area contributed by atoms with Gasteiger partial charge in [0.2, 0.25) is 0 Å². The van der Waals surface area contributed by atoms with Crippen molar-refractivity contribution >= 4 is 27.8 Å². The highest BCUT2D eigenvalue weighted by Gasteiger charge is 2.12. The zero-order valence-corrected chi connectivity index (χ0v) is 19.6. The third-order valence-electron chi connectivity index (χ3n) is 6.13. The minimum atomic E-state index is -0.803. The molecule has 0 atom stereocenters. The summed E-state index contributed by atoms with van der Waals surface area (Å²) in [4.78, 5) is 11.3. The van der Waals surface area contributed by atoms with Crippen LogP contribution in [0.25, 0.3) is 21.8 Å². The van der Waals surface area contributed by atoms with Crippen molar-refractivity contribution in [3.63, 3.8) is 0 Å². The Morgan fingerprint density at radius 2 is 1.41 bits per heavy atom. The van der Waals surface area contributed by atoms with Gasteiger partial charge in [0.15, 0.2) is 0 Å². The zero-order chi connectivity index (χ0) is 22.9. The average Bonchev–Trinajstić information content (AvgIpc) is 3.09. The van der Waals surface area contributed by atoms with Crippen LogP contribution >= 0.6 is 0 Å². The number of rotatable bonds is 8. The first-order valence-corrected chi connectivity index (χ1v) is 11.7. The van der Waals surface area contributed by atoms with E-state index in [0.29, 0.717) is 0 Å². The highest BCUT2D eigenvalue weighted by atomic mass is 16.4. The number of hydrogen-bond donors (Lipinski definition) is 1. The normalized spacial score (nSPS) is 10.8. The molecule has 0 radical (unpaired) electrons. The van der Waals surface area contributed by atoms with Crippen LogP contribution in [-0.2, 0) is 17.8 Å². The molecule has 0 unspecified atom stereocenters. The van der Waals surface area contributed by atoms with Crippen LogP contribution in [0.5, 0.6) is 0 Å². The van der Waals surface area contributed by atoms with Crippen LogP contribution < -0.4 is 0 Å². The third-order valence-corrected chi connectivity index (χ3v) is 6.13. The largest absolute Gasteiger partial charge is 0.480 e. The van der Waals surface area contributed by atoms with Crippen LogP contribution in [0.2, 0.25) is 0 Å². The molecule has 0 fully saturated rings. The smallest absolute Gasteiger partial charge is 0.323 e. The minimum Gasteiger partial charge on any atom is -0.480 e. The SMILES string of the molecule is CCCCCCCc1ccc2c3ccccc3n(CC(=O)O)c2c1.Cc1ccccc1C. The molecule has 3 heteroatoms. The molecule has 168 valence electrons. The molecule has 0 saturated heterocycles. The van der Waals surface area contributed by atoms with Crippen LogP contribution in [0.15, 0.2) is 66.7 Å². The maximum atomic E-state index is 11.3. The zero-order valence-electron chi connectivity index (χ0n) is 19.6.